The molecule has 3 nitrogen and oxygen atoms in total. The Morgan fingerprint density at radius 3 is 2.83 bits per heavy atom. The highest BCUT2D eigenvalue weighted by Crippen LogP contribution is 2.34. The zero-order valence-corrected chi connectivity index (χ0v) is 12.3. The van der Waals surface area contributed by atoms with E-state index in [1.165, 1.54) is 10.5 Å². The van der Waals surface area contributed by atoms with Crippen LogP contribution in [0.5, 0.6) is 0 Å². The number of benzene rings is 1. The first-order chi connectivity index (χ1) is 8.65. The molecule has 1 aromatic carbocycles. The van der Waals surface area contributed by atoms with Gasteiger partial charge >= 0.3 is 5.97 Å². The quantitative estimate of drug-likeness (QED) is 0.868. The Balaban J connectivity index is 1.89. The number of hydrogen-bond donors (Lipinski definition) is 1. The highest BCUT2D eigenvalue weighted by molar-refractivity contribution is 9.10. The summed E-state index contributed by atoms with van der Waals surface area (Å²) in [6.07, 6.45) is 1.72. The van der Waals surface area contributed by atoms with Gasteiger partial charge in [0.2, 0.25) is 0 Å². The molecule has 1 saturated heterocycles. The van der Waals surface area contributed by atoms with Gasteiger partial charge in [-0.05, 0) is 46.5 Å². The van der Waals surface area contributed by atoms with Crippen molar-refractivity contribution in [2.75, 3.05) is 13.2 Å². The molecule has 0 saturated carbocycles. The van der Waals surface area contributed by atoms with Crippen LogP contribution >= 0.6 is 27.7 Å². The summed E-state index contributed by atoms with van der Waals surface area (Å²) in [4.78, 5) is 11.7. The van der Waals surface area contributed by atoms with Gasteiger partial charge in [0.25, 0.3) is 0 Å². The van der Waals surface area contributed by atoms with Crippen molar-refractivity contribution in [1.29, 1.82) is 0 Å². The van der Waals surface area contributed by atoms with E-state index in [2.05, 4.69) is 34.1 Å². The SMILES string of the molecule is O=C(O)CCCc1ccc(SC2COC2)c(Br)c1. The Morgan fingerprint density at radius 1 is 1.50 bits per heavy atom. The predicted molar refractivity (Wildman–Crippen MR) is 75.2 cm³/mol. The van der Waals surface area contributed by atoms with Crippen molar-refractivity contribution < 1.29 is 14.6 Å². The molecule has 2 rings (SSSR count). The number of ether oxygens (including phenoxy) is 1. The van der Waals surface area contributed by atoms with Crippen molar-refractivity contribution in [3.63, 3.8) is 0 Å². The van der Waals surface area contributed by atoms with E-state index >= 15 is 0 Å². The second-order valence-corrected chi connectivity index (χ2v) is 6.49. The normalized spacial score (nSPS) is 15.4. The minimum atomic E-state index is -0.730. The molecule has 1 aliphatic rings. The van der Waals surface area contributed by atoms with Crippen molar-refractivity contribution in [2.45, 2.75) is 29.4 Å². The maximum atomic E-state index is 10.4. The first kappa shape index (κ1) is 13.9. The lowest BCUT2D eigenvalue weighted by Crippen LogP contribution is -2.30. The molecule has 1 fully saturated rings. The third-order valence-corrected chi connectivity index (χ3v) is 4.89. The second kappa shape index (κ2) is 6.59. The molecule has 0 unspecified atom stereocenters. The molecule has 0 bridgehead atoms. The summed E-state index contributed by atoms with van der Waals surface area (Å²) >= 11 is 5.40. The first-order valence-electron chi connectivity index (χ1n) is 5.90. The second-order valence-electron chi connectivity index (χ2n) is 4.29. The Bertz CT molecular complexity index is 432. The van der Waals surface area contributed by atoms with Crippen LogP contribution in [0, 0.1) is 0 Å². The van der Waals surface area contributed by atoms with E-state index in [0.717, 1.165) is 24.1 Å². The van der Waals surface area contributed by atoms with Gasteiger partial charge < -0.3 is 9.84 Å². The molecule has 1 N–H and O–H groups in total. The molecule has 0 spiro atoms. The van der Waals surface area contributed by atoms with Crippen LogP contribution in [0.2, 0.25) is 0 Å². The lowest BCUT2D eigenvalue weighted by Gasteiger charge is -2.25. The van der Waals surface area contributed by atoms with Gasteiger partial charge in [0.1, 0.15) is 0 Å². The fourth-order valence-electron chi connectivity index (χ4n) is 1.70. The Hall–Kier alpha value is -0.520. The number of aliphatic carboxylic acids is 1. The summed E-state index contributed by atoms with van der Waals surface area (Å²) in [6, 6.07) is 6.27. The molecule has 0 radical (unpaired) electrons. The fourth-order valence-corrected chi connectivity index (χ4v) is 3.41. The summed E-state index contributed by atoms with van der Waals surface area (Å²) in [7, 11) is 0. The van der Waals surface area contributed by atoms with Gasteiger partial charge in [0, 0.05) is 15.8 Å². The van der Waals surface area contributed by atoms with Crippen LogP contribution in [-0.2, 0) is 16.0 Å². The topological polar surface area (TPSA) is 46.5 Å². The minimum Gasteiger partial charge on any atom is -0.481 e. The lowest BCUT2D eigenvalue weighted by atomic mass is 10.1. The van der Waals surface area contributed by atoms with Gasteiger partial charge in [-0.2, -0.15) is 0 Å². The zero-order valence-electron chi connectivity index (χ0n) is 9.89. The van der Waals surface area contributed by atoms with Crippen molar-refractivity contribution in [1.82, 2.24) is 0 Å². The lowest BCUT2D eigenvalue weighted by molar-refractivity contribution is -0.137. The third-order valence-electron chi connectivity index (χ3n) is 2.75. The summed E-state index contributed by atoms with van der Waals surface area (Å²) in [6.45, 7) is 1.66. The zero-order chi connectivity index (χ0) is 13.0. The van der Waals surface area contributed by atoms with Crippen molar-refractivity contribution in [3.05, 3.63) is 28.2 Å². The molecule has 0 aromatic heterocycles. The van der Waals surface area contributed by atoms with E-state index in [9.17, 15) is 4.79 Å². The van der Waals surface area contributed by atoms with Crippen LogP contribution < -0.4 is 0 Å². The molecular formula is C13H15BrO3S. The Morgan fingerprint density at radius 2 is 2.28 bits per heavy atom. The number of hydrogen-bond acceptors (Lipinski definition) is 3. The summed E-state index contributed by atoms with van der Waals surface area (Å²) in [5.41, 5.74) is 1.18. The number of carboxylic acids is 1. The number of rotatable bonds is 6. The van der Waals surface area contributed by atoms with E-state index in [1.807, 2.05) is 11.8 Å². The standard InChI is InChI=1S/C13H15BrO3S/c14-11-6-9(2-1-3-13(15)16)4-5-12(11)18-10-7-17-8-10/h4-6,10H,1-3,7-8H2,(H,15,16). The number of carbonyl (C=O) groups is 1. The number of halogens is 1. The number of thioether (sulfide) groups is 1. The van der Waals surface area contributed by atoms with Gasteiger partial charge in [-0.3, -0.25) is 4.79 Å². The van der Waals surface area contributed by atoms with Crippen LogP contribution in [0.3, 0.4) is 0 Å². The highest BCUT2D eigenvalue weighted by atomic mass is 79.9. The van der Waals surface area contributed by atoms with Crippen LogP contribution in [0.15, 0.2) is 27.6 Å². The highest BCUT2D eigenvalue weighted by Gasteiger charge is 2.20. The van der Waals surface area contributed by atoms with Crippen molar-refractivity contribution in [3.8, 4) is 0 Å². The van der Waals surface area contributed by atoms with E-state index in [1.54, 1.807) is 0 Å². The minimum absolute atomic E-state index is 0.230. The van der Waals surface area contributed by atoms with Crippen LogP contribution in [0.25, 0.3) is 0 Å². The van der Waals surface area contributed by atoms with E-state index in [0.29, 0.717) is 11.7 Å². The Kier molecular flexibility index (Phi) is 5.09. The molecule has 0 amide bonds. The molecule has 0 atom stereocenters. The average molecular weight is 331 g/mol. The molecule has 1 aliphatic heterocycles. The van der Waals surface area contributed by atoms with Crippen molar-refractivity contribution >= 4 is 33.7 Å². The first-order valence-corrected chi connectivity index (χ1v) is 7.57. The molecule has 1 aromatic rings. The molecule has 1 heterocycles. The number of carboxylic acid groups (broad SMARTS) is 1. The maximum Gasteiger partial charge on any atom is 0.303 e. The average Bonchev–Trinajstić information content (AvgIpc) is 2.25. The van der Waals surface area contributed by atoms with E-state index in [4.69, 9.17) is 9.84 Å². The van der Waals surface area contributed by atoms with Gasteiger partial charge in [0.15, 0.2) is 0 Å². The molecule has 5 heteroatoms. The fraction of sp³-hybridized carbons (Fsp3) is 0.462. The van der Waals surface area contributed by atoms with Gasteiger partial charge in [0.05, 0.1) is 18.5 Å². The molecule has 0 aliphatic carbocycles. The van der Waals surface area contributed by atoms with E-state index < -0.39 is 5.97 Å². The molecular weight excluding hydrogens is 316 g/mol. The summed E-state index contributed by atoms with van der Waals surface area (Å²) in [5.74, 6) is -0.730. The smallest absolute Gasteiger partial charge is 0.303 e. The monoisotopic (exact) mass is 330 g/mol. The summed E-state index contributed by atoms with van der Waals surface area (Å²) < 4.78 is 6.24. The van der Waals surface area contributed by atoms with Crippen LogP contribution in [0.4, 0.5) is 0 Å². The van der Waals surface area contributed by atoms with Crippen LogP contribution in [-0.4, -0.2) is 29.5 Å². The predicted octanol–water partition coefficient (Wildman–Crippen LogP) is 3.35. The molecule has 98 valence electrons. The maximum absolute atomic E-state index is 10.4. The van der Waals surface area contributed by atoms with Crippen LogP contribution in [0.1, 0.15) is 18.4 Å². The number of aryl methyl sites for hydroxylation is 1. The van der Waals surface area contributed by atoms with Crippen molar-refractivity contribution in [2.24, 2.45) is 0 Å². The third kappa shape index (κ3) is 4.00. The van der Waals surface area contributed by atoms with Gasteiger partial charge in [-0.25, -0.2) is 0 Å². The largest absolute Gasteiger partial charge is 0.481 e. The van der Waals surface area contributed by atoms with Gasteiger partial charge in [-0.1, -0.05) is 6.07 Å². The molecule has 18 heavy (non-hydrogen) atoms. The van der Waals surface area contributed by atoms with E-state index in [-0.39, 0.29) is 6.42 Å². The Labute approximate surface area is 119 Å². The van der Waals surface area contributed by atoms with Gasteiger partial charge in [-0.15, -0.1) is 11.8 Å². The summed E-state index contributed by atoms with van der Waals surface area (Å²) in [5, 5.41) is 9.17.